The van der Waals surface area contributed by atoms with Gasteiger partial charge in [0, 0.05) is 16.8 Å². The molecule has 0 aromatic heterocycles. The molecule has 27 valence electrons. The topological polar surface area (TPSA) is 0 Å². The van der Waals surface area contributed by atoms with Crippen molar-refractivity contribution in [2.45, 2.75) is 0 Å². The number of rotatable bonds is 0. The van der Waals surface area contributed by atoms with Crippen LogP contribution in [0.3, 0.4) is 0 Å². The van der Waals surface area contributed by atoms with Crippen molar-refractivity contribution in [2.24, 2.45) is 0 Å². The van der Waals surface area contributed by atoms with Crippen LogP contribution in [0.1, 0.15) is 0 Å². The molecule has 0 atom stereocenters. The Bertz CT molecular complexity index is 65.0. The van der Waals surface area contributed by atoms with Gasteiger partial charge in [-0.15, -0.1) is 0 Å². The van der Waals surface area contributed by atoms with Gasteiger partial charge in [0.25, 0.3) is 0 Å². The van der Waals surface area contributed by atoms with Crippen molar-refractivity contribution >= 4 is 36.8 Å². The Morgan fingerprint density at radius 3 is 2.00 bits per heavy atom. The van der Waals surface area contributed by atoms with E-state index in [-0.39, 0.29) is 16.8 Å². The van der Waals surface area contributed by atoms with Gasteiger partial charge in [-0.05, 0) is 0 Å². The molecule has 0 aromatic carbocycles. The summed E-state index contributed by atoms with van der Waals surface area (Å²) >= 11 is 0. The summed E-state index contributed by atoms with van der Waals surface area (Å²) in [5.41, 5.74) is 0. The molecule has 1 rings (SSSR count). The van der Waals surface area contributed by atoms with Crippen LogP contribution in [0.5, 0.6) is 0 Å². The van der Waals surface area contributed by atoms with E-state index >= 15 is 0 Å². The third-order valence-corrected chi connectivity index (χ3v) is 0.556. The fourth-order valence-corrected chi connectivity index (χ4v) is 0.321. The van der Waals surface area contributed by atoms with E-state index in [2.05, 4.69) is 0 Å². The van der Waals surface area contributed by atoms with Crippen LogP contribution in [-0.4, -0.2) is 36.8 Å². The average Bonchev–Trinajstić information content (AvgIpc) is 1.76. The first-order chi connectivity index (χ1) is 2.50. The van der Waals surface area contributed by atoms with E-state index in [1.807, 2.05) is 32.0 Å². The van der Waals surface area contributed by atoms with E-state index in [1.54, 1.807) is 0 Å². The predicted octanol–water partition coefficient (Wildman–Crippen LogP) is -1.12. The normalized spacial score (nSPS) is 10.3. The average molecular weight is 82.3 g/mol. The number of allylic oxidation sites excluding steroid dienone is 1. The second-order valence-corrected chi connectivity index (χ2v) is 0.962. The minimum absolute atomic E-state index is 0. The first kappa shape index (κ1) is 9.98. The van der Waals surface area contributed by atoms with Crippen LogP contribution in [0.2, 0.25) is 0 Å². The quantitative estimate of drug-likeness (QED) is 0.325. The van der Waals surface area contributed by atoms with Crippen molar-refractivity contribution < 1.29 is 0 Å². The maximum atomic E-state index is 2.00. The van der Waals surface area contributed by atoms with Crippen molar-refractivity contribution in [1.82, 2.24) is 0 Å². The fourth-order valence-electron chi connectivity index (χ4n) is 0.321. The maximum absolute atomic E-state index is 2.00. The van der Waals surface area contributed by atoms with Gasteiger partial charge in [0.2, 0.25) is 0 Å². The molecule has 0 bridgehead atoms. The van der Waals surface area contributed by atoms with E-state index in [4.69, 9.17) is 0 Å². The molecule has 0 nitrogen and oxygen atoms in total. The molecule has 0 aliphatic carbocycles. The zero-order chi connectivity index (χ0) is 3.54. The molecule has 7 heavy (non-hydrogen) atoms. The summed E-state index contributed by atoms with van der Waals surface area (Å²) in [5, 5.41) is 0. The van der Waals surface area contributed by atoms with Crippen LogP contribution in [0.4, 0.5) is 0 Å². The zero-order valence-corrected chi connectivity index (χ0v) is 4.04. The molecular weight excluding hydrogens is 79.3 g/mol. The molecule has 1 aliphatic rings. The number of hydrogen-bond donors (Lipinski definition) is 0. The molecule has 0 N–H and O–H groups in total. The summed E-state index contributed by atoms with van der Waals surface area (Å²) < 4.78 is 0. The van der Waals surface area contributed by atoms with Crippen LogP contribution >= 0.6 is 0 Å². The Kier molecular flexibility index (Phi) is 8.37. The second kappa shape index (κ2) is 5.87. The summed E-state index contributed by atoms with van der Waals surface area (Å²) in [5.74, 6) is 4.00. The third kappa shape index (κ3) is 3.71. The molecule has 0 amide bonds. The summed E-state index contributed by atoms with van der Waals surface area (Å²) in [6.07, 6.45) is 2.00. The van der Waals surface area contributed by atoms with Crippen LogP contribution in [0, 0.1) is 0 Å². The molecule has 0 saturated carbocycles. The second-order valence-electron chi connectivity index (χ2n) is 0.962. The number of hydrogen-bond acceptors (Lipinski definition) is 0. The molecule has 0 saturated heterocycles. The summed E-state index contributed by atoms with van der Waals surface area (Å²) in [4.78, 5) is 0. The van der Waals surface area contributed by atoms with Crippen molar-refractivity contribution in [1.29, 1.82) is 0 Å². The summed E-state index contributed by atoms with van der Waals surface area (Å²) in [7, 11) is 2.00. The van der Waals surface area contributed by atoms with Crippen LogP contribution in [0.25, 0.3) is 0 Å². The molecule has 1 aliphatic heterocycles. The first-order valence-corrected chi connectivity index (χ1v) is 1.67. The fraction of sp³-hybridized carbons (Fsp3) is 0. The van der Waals surface area contributed by atoms with Gasteiger partial charge in [-0.3, -0.25) is 0 Å². The summed E-state index contributed by atoms with van der Waals surface area (Å²) in [6, 6.07) is 0. The monoisotopic (exact) mass is 83.1 g/mol. The predicted molar refractivity (Wildman–Crippen MR) is 38.2 cm³/mol. The summed E-state index contributed by atoms with van der Waals surface area (Å²) in [6.45, 7) is 2.00. The van der Waals surface area contributed by atoms with Gasteiger partial charge >= 0.3 is 32.0 Å². The molecule has 0 spiro atoms. The van der Waals surface area contributed by atoms with Crippen LogP contribution in [-0.2, 0) is 0 Å². The first-order valence-electron chi connectivity index (χ1n) is 1.67. The zero-order valence-electron chi connectivity index (χ0n) is 4.04. The molecule has 0 aromatic rings. The SMILES string of the molecule is [B].[B].[B]1B=CC=C1. The van der Waals surface area contributed by atoms with E-state index in [0.29, 0.717) is 0 Å². The van der Waals surface area contributed by atoms with E-state index in [9.17, 15) is 0 Å². The van der Waals surface area contributed by atoms with Crippen LogP contribution < -0.4 is 0 Å². The molecule has 7 radical (unpaired) electrons. The van der Waals surface area contributed by atoms with Gasteiger partial charge in [-0.1, -0.05) is 0 Å². The Morgan fingerprint density at radius 2 is 1.86 bits per heavy atom. The molecule has 0 fully saturated rings. The molecule has 1 heterocycles. The standard InChI is InChI=1S/C3H3B2.2B/c1-2-4-5-3-1;;/h1-3H;;. The third-order valence-electron chi connectivity index (χ3n) is 0.556. The Labute approximate surface area is 49.7 Å². The van der Waals surface area contributed by atoms with E-state index < -0.39 is 0 Å². The van der Waals surface area contributed by atoms with E-state index in [1.165, 1.54) is 0 Å². The van der Waals surface area contributed by atoms with Gasteiger partial charge < -0.3 is 0 Å². The minimum atomic E-state index is 0. The van der Waals surface area contributed by atoms with Gasteiger partial charge in [0.1, 0.15) is 0 Å². The molecule has 4 heteroatoms. The van der Waals surface area contributed by atoms with Crippen molar-refractivity contribution in [3.8, 4) is 0 Å². The van der Waals surface area contributed by atoms with E-state index in [0.717, 1.165) is 0 Å². The van der Waals surface area contributed by atoms with Gasteiger partial charge in [-0.25, -0.2) is 0 Å². The van der Waals surface area contributed by atoms with Gasteiger partial charge in [0.15, 0.2) is 0 Å². The van der Waals surface area contributed by atoms with Crippen LogP contribution in [0.15, 0.2) is 12.1 Å². The van der Waals surface area contributed by atoms with Crippen molar-refractivity contribution in [3.05, 3.63) is 12.1 Å². The van der Waals surface area contributed by atoms with Crippen molar-refractivity contribution in [2.75, 3.05) is 0 Å². The molecule has 0 unspecified atom stereocenters. The Balaban J connectivity index is 0. The van der Waals surface area contributed by atoms with Crippen molar-refractivity contribution in [3.63, 3.8) is 0 Å². The van der Waals surface area contributed by atoms with Gasteiger partial charge in [-0.2, -0.15) is 0 Å². The Morgan fingerprint density at radius 1 is 1.14 bits per heavy atom. The molecular formula is C3H3B4. The Hall–Kier alpha value is -0.130. The van der Waals surface area contributed by atoms with Gasteiger partial charge in [0.05, 0.1) is 0 Å².